The average Bonchev–Trinajstić information content (AvgIpc) is 3.31. The van der Waals surface area contributed by atoms with Crippen molar-refractivity contribution in [2.45, 2.75) is 18.9 Å². The lowest BCUT2D eigenvalue weighted by Gasteiger charge is -2.15. The Bertz CT molecular complexity index is 1260. The molecule has 166 valence electrons. The van der Waals surface area contributed by atoms with Crippen LogP contribution in [0.4, 0.5) is 10.1 Å². The Balaban J connectivity index is 1.57. The second kappa shape index (κ2) is 9.82. The van der Waals surface area contributed by atoms with Crippen LogP contribution in [0.5, 0.6) is 0 Å². The number of carbonyl (C=O) groups is 1. The number of hydrogen-bond donors (Lipinski definition) is 1. The van der Waals surface area contributed by atoms with Gasteiger partial charge in [0.05, 0.1) is 11.3 Å². The van der Waals surface area contributed by atoms with Crippen LogP contribution in [0, 0.1) is 15.9 Å². The van der Waals surface area contributed by atoms with E-state index in [9.17, 15) is 19.3 Å². The van der Waals surface area contributed by atoms with Crippen LogP contribution in [-0.2, 0) is 17.6 Å². The molecule has 1 aromatic heterocycles. The Morgan fingerprint density at radius 1 is 1.03 bits per heavy atom. The second-order valence-electron chi connectivity index (χ2n) is 7.38. The predicted octanol–water partition coefficient (Wildman–Crippen LogP) is 4.43. The van der Waals surface area contributed by atoms with E-state index in [4.69, 9.17) is 4.52 Å². The third kappa shape index (κ3) is 5.65. The summed E-state index contributed by atoms with van der Waals surface area (Å²) in [7, 11) is 0. The zero-order valence-electron chi connectivity index (χ0n) is 17.3. The summed E-state index contributed by atoms with van der Waals surface area (Å²) in [6.07, 6.45) is 0.448. The molecule has 0 saturated carbocycles. The van der Waals surface area contributed by atoms with Crippen molar-refractivity contribution in [2.24, 2.45) is 0 Å². The molecule has 1 atom stereocenters. The first-order valence-corrected chi connectivity index (χ1v) is 10.1. The van der Waals surface area contributed by atoms with Gasteiger partial charge in [-0.15, -0.1) is 0 Å². The van der Waals surface area contributed by atoms with Gasteiger partial charge < -0.3 is 9.84 Å². The first-order chi connectivity index (χ1) is 16.0. The van der Waals surface area contributed by atoms with Crippen molar-refractivity contribution in [2.75, 3.05) is 0 Å². The number of carbonyl (C=O) groups excluding carboxylic acids is 1. The van der Waals surface area contributed by atoms with Gasteiger partial charge in [0.2, 0.25) is 17.6 Å². The van der Waals surface area contributed by atoms with Crippen LogP contribution in [0.3, 0.4) is 0 Å². The standard InChI is InChI=1S/C24H19FN4O4/c25-19-11-9-17(10-12-19)14-22(30)26-21(13-16-5-2-1-3-6-16)24-27-23(28-33-24)18-7-4-8-20(15-18)29(31)32/h1-12,15,21H,13-14H2,(H,26,30)/t21-/m0/s1. The van der Waals surface area contributed by atoms with Gasteiger partial charge in [-0.25, -0.2) is 4.39 Å². The Kier molecular flexibility index (Phi) is 6.49. The lowest BCUT2D eigenvalue weighted by Crippen LogP contribution is -2.31. The summed E-state index contributed by atoms with van der Waals surface area (Å²) in [4.78, 5) is 27.6. The first kappa shape index (κ1) is 21.8. The molecular formula is C24H19FN4O4. The number of amides is 1. The molecule has 0 aliphatic rings. The minimum atomic E-state index is -0.625. The largest absolute Gasteiger partial charge is 0.344 e. The van der Waals surface area contributed by atoms with Crippen molar-refractivity contribution in [3.8, 4) is 11.4 Å². The maximum atomic E-state index is 13.1. The van der Waals surface area contributed by atoms with Crippen LogP contribution in [0.1, 0.15) is 23.1 Å². The number of benzene rings is 3. The zero-order valence-corrected chi connectivity index (χ0v) is 17.3. The molecule has 1 amide bonds. The molecule has 4 aromatic rings. The first-order valence-electron chi connectivity index (χ1n) is 10.1. The second-order valence-corrected chi connectivity index (χ2v) is 7.38. The molecule has 0 spiro atoms. The SMILES string of the molecule is O=C(Cc1ccc(F)cc1)N[C@@H](Cc1ccccc1)c1nc(-c2cccc([N+](=O)[O-])c2)no1. The fraction of sp³-hybridized carbons (Fsp3) is 0.125. The molecule has 0 aliphatic carbocycles. The molecule has 1 N–H and O–H groups in total. The van der Waals surface area contributed by atoms with Crippen molar-refractivity contribution >= 4 is 11.6 Å². The number of aromatic nitrogens is 2. The van der Waals surface area contributed by atoms with E-state index in [1.54, 1.807) is 18.2 Å². The van der Waals surface area contributed by atoms with E-state index in [2.05, 4.69) is 15.5 Å². The highest BCUT2D eigenvalue weighted by molar-refractivity contribution is 5.79. The zero-order chi connectivity index (χ0) is 23.2. The lowest BCUT2D eigenvalue weighted by atomic mass is 10.0. The van der Waals surface area contributed by atoms with E-state index >= 15 is 0 Å². The van der Waals surface area contributed by atoms with Crippen LogP contribution < -0.4 is 5.32 Å². The lowest BCUT2D eigenvalue weighted by molar-refractivity contribution is -0.384. The highest BCUT2D eigenvalue weighted by atomic mass is 19.1. The highest BCUT2D eigenvalue weighted by Gasteiger charge is 2.23. The minimum Gasteiger partial charge on any atom is -0.344 e. The summed E-state index contributed by atoms with van der Waals surface area (Å²) in [5.74, 6) is -0.314. The highest BCUT2D eigenvalue weighted by Crippen LogP contribution is 2.24. The van der Waals surface area contributed by atoms with Crippen molar-refractivity contribution in [1.29, 1.82) is 0 Å². The summed E-state index contributed by atoms with van der Waals surface area (Å²) < 4.78 is 18.6. The summed E-state index contributed by atoms with van der Waals surface area (Å²) >= 11 is 0. The van der Waals surface area contributed by atoms with Crippen LogP contribution in [0.25, 0.3) is 11.4 Å². The molecule has 0 saturated heterocycles. The number of rotatable bonds is 8. The maximum absolute atomic E-state index is 13.1. The molecule has 0 fully saturated rings. The molecule has 8 nitrogen and oxygen atoms in total. The summed E-state index contributed by atoms with van der Waals surface area (Å²) in [6.45, 7) is 0. The van der Waals surface area contributed by atoms with Crippen LogP contribution in [0.15, 0.2) is 83.4 Å². The molecule has 3 aromatic carbocycles. The number of hydrogen-bond acceptors (Lipinski definition) is 6. The topological polar surface area (TPSA) is 111 Å². The Hall–Kier alpha value is -4.40. The summed E-state index contributed by atoms with van der Waals surface area (Å²) in [5, 5.41) is 17.9. The van der Waals surface area contributed by atoms with Gasteiger partial charge in [-0.1, -0.05) is 59.8 Å². The molecule has 0 unspecified atom stereocenters. The molecule has 9 heteroatoms. The number of nitro groups is 1. The monoisotopic (exact) mass is 446 g/mol. The van der Waals surface area contributed by atoms with Gasteiger partial charge in [0.15, 0.2) is 0 Å². The van der Waals surface area contributed by atoms with E-state index in [1.807, 2.05) is 30.3 Å². The molecule has 0 radical (unpaired) electrons. The fourth-order valence-corrected chi connectivity index (χ4v) is 3.34. The number of non-ortho nitro benzene ring substituents is 1. The van der Waals surface area contributed by atoms with Gasteiger partial charge in [-0.2, -0.15) is 4.98 Å². The van der Waals surface area contributed by atoms with E-state index < -0.39 is 11.0 Å². The average molecular weight is 446 g/mol. The maximum Gasteiger partial charge on any atom is 0.270 e. The van der Waals surface area contributed by atoms with Crippen molar-refractivity contribution in [3.05, 3.63) is 112 Å². The third-order valence-electron chi connectivity index (χ3n) is 4.95. The van der Waals surface area contributed by atoms with E-state index in [-0.39, 0.29) is 35.5 Å². The fourth-order valence-electron chi connectivity index (χ4n) is 3.34. The van der Waals surface area contributed by atoms with E-state index in [0.717, 1.165) is 5.56 Å². The molecule has 4 rings (SSSR count). The molecular weight excluding hydrogens is 427 g/mol. The van der Waals surface area contributed by atoms with Crippen molar-refractivity contribution < 1.29 is 18.6 Å². The molecule has 0 aliphatic heterocycles. The Morgan fingerprint density at radius 3 is 2.52 bits per heavy atom. The van der Waals surface area contributed by atoms with Gasteiger partial charge in [-0.05, 0) is 23.3 Å². The van der Waals surface area contributed by atoms with Gasteiger partial charge in [0.25, 0.3) is 5.69 Å². The van der Waals surface area contributed by atoms with Crippen LogP contribution in [-0.4, -0.2) is 21.0 Å². The Morgan fingerprint density at radius 2 is 1.79 bits per heavy atom. The quantitative estimate of drug-likeness (QED) is 0.317. The van der Waals surface area contributed by atoms with Gasteiger partial charge >= 0.3 is 0 Å². The van der Waals surface area contributed by atoms with E-state index in [0.29, 0.717) is 17.5 Å². The predicted molar refractivity (Wildman–Crippen MR) is 118 cm³/mol. The molecule has 0 bridgehead atoms. The summed E-state index contributed by atoms with van der Waals surface area (Å²) in [5.41, 5.74) is 1.94. The Labute approximate surface area is 188 Å². The van der Waals surface area contributed by atoms with Crippen molar-refractivity contribution in [1.82, 2.24) is 15.5 Å². The number of nitro benzene ring substituents is 1. The van der Waals surface area contributed by atoms with Crippen molar-refractivity contribution in [3.63, 3.8) is 0 Å². The minimum absolute atomic E-state index is 0.0530. The van der Waals surface area contributed by atoms with Gasteiger partial charge in [0.1, 0.15) is 11.9 Å². The van der Waals surface area contributed by atoms with Gasteiger partial charge in [-0.3, -0.25) is 14.9 Å². The molecule has 33 heavy (non-hydrogen) atoms. The number of nitrogens with zero attached hydrogens (tertiary/aromatic N) is 3. The van der Waals surface area contributed by atoms with Gasteiger partial charge in [0, 0.05) is 24.1 Å². The summed E-state index contributed by atoms with van der Waals surface area (Å²) in [6, 6.07) is 20.5. The van der Waals surface area contributed by atoms with Crippen LogP contribution in [0.2, 0.25) is 0 Å². The normalized spacial score (nSPS) is 11.7. The number of halogens is 1. The third-order valence-corrected chi connectivity index (χ3v) is 4.95. The number of nitrogens with one attached hydrogen (secondary N) is 1. The van der Waals surface area contributed by atoms with Crippen LogP contribution >= 0.6 is 0 Å². The van der Waals surface area contributed by atoms with E-state index in [1.165, 1.54) is 30.3 Å². The molecule has 1 heterocycles. The smallest absolute Gasteiger partial charge is 0.270 e.